The van der Waals surface area contributed by atoms with Gasteiger partial charge >= 0.3 is 0 Å². The van der Waals surface area contributed by atoms with Crippen LogP contribution in [-0.4, -0.2) is 71.8 Å². The van der Waals surface area contributed by atoms with Crippen molar-refractivity contribution in [3.8, 4) is 17.1 Å². The molecule has 1 aliphatic heterocycles. The van der Waals surface area contributed by atoms with E-state index in [4.69, 9.17) is 14.5 Å². The lowest BCUT2D eigenvalue weighted by Crippen LogP contribution is -2.50. The van der Waals surface area contributed by atoms with Crippen LogP contribution in [0.5, 0.6) is 5.88 Å². The minimum Gasteiger partial charge on any atom is -0.470 e. The van der Waals surface area contributed by atoms with Crippen LogP contribution in [0.3, 0.4) is 0 Å². The Kier molecular flexibility index (Phi) is 7.52. The summed E-state index contributed by atoms with van der Waals surface area (Å²) in [6.45, 7) is 5.08. The average molecular weight is 456 g/mol. The monoisotopic (exact) mass is 455 g/mol. The van der Waals surface area contributed by atoms with Gasteiger partial charge in [-0.1, -0.05) is 12.1 Å². The Morgan fingerprint density at radius 1 is 1.22 bits per heavy atom. The molecule has 1 amide bonds. The summed E-state index contributed by atoms with van der Waals surface area (Å²) in [4.78, 5) is 29.2. The molecular formula is C23H29N5O3S. The van der Waals surface area contributed by atoms with Crippen LogP contribution in [0, 0.1) is 0 Å². The van der Waals surface area contributed by atoms with Gasteiger partial charge in [-0.2, -0.15) is 13.5 Å². The molecule has 0 bridgehead atoms. The van der Waals surface area contributed by atoms with Crippen molar-refractivity contribution < 1.29 is 14.3 Å². The van der Waals surface area contributed by atoms with Crippen molar-refractivity contribution in [2.24, 2.45) is 0 Å². The number of hydrogen-bond acceptors (Lipinski definition) is 7. The van der Waals surface area contributed by atoms with Crippen LogP contribution in [0.2, 0.25) is 0 Å². The lowest BCUT2D eigenvalue weighted by Gasteiger charge is -2.35. The number of hydrogen-bond donors (Lipinski definition) is 0. The number of benzene rings is 1. The highest BCUT2D eigenvalue weighted by atomic mass is 32.1. The maximum absolute atomic E-state index is 11.8. The first kappa shape index (κ1) is 23.7. The van der Waals surface area contributed by atoms with Crippen molar-refractivity contribution in [2.45, 2.75) is 26.1 Å². The second kappa shape index (κ2) is 10.1. The molecule has 8 nitrogen and oxygen atoms in total. The first-order chi connectivity index (χ1) is 14.9. The number of pyridine rings is 1. The van der Waals surface area contributed by atoms with Crippen molar-refractivity contribution in [3.63, 3.8) is 0 Å². The second-order valence-corrected chi connectivity index (χ2v) is 7.88. The number of aromatic nitrogens is 3. The van der Waals surface area contributed by atoms with Gasteiger partial charge in [-0.3, -0.25) is 9.78 Å². The highest BCUT2D eigenvalue weighted by Crippen LogP contribution is 2.29. The van der Waals surface area contributed by atoms with Crippen LogP contribution in [-0.2, 0) is 9.53 Å². The molecule has 3 heterocycles. The van der Waals surface area contributed by atoms with Gasteiger partial charge in [-0.25, -0.2) is 9.97 Å². The minimum absolute atomic E-state index is 0. The van der Waals surface area contributed by atoms with E-state index in [0.29, 0.717) is 36.6 Å². The van der Waals surface area contributed by atoms with Crippen molar-refractivity contribution in [1.29, 1.82) is 0 Å². The summed E-state index contributed by atoms with van der Waals surface area (Å²) >= 11 is 0. The highest BCUT2D eigenvalue weighted by Gasteiger charge is 2.29. The topological polar surface area (TPSA) is 80.7 Å². The Morgan fingerprint density at radius 3 is 2.62 bits per heavy atom. The van der Waals surface area contributed by atoms with E-state index in [2.05, 4.69) is 9.97 Å². The van der Waals surface area contributed by atoms with Crippen LogP contribution >= 0.6 is 13.5 Å². The predicted molar refractivity (Wildman–Crippen MR) is 130 cm³/mol. The molecule has 2 atom stereocenters. The lowest BCUT2D eigenvalue weighted by atomic mass is 10.1. The average Bonchev–Trinajstić information content (AvgIpc) is 2.79. The summed E-state index contributed by atoms with van der Waals surface area (Å²) in [6, 6.07) is 10.1. The molecule has 0 spiro atoms. The summed E-state index contributed by atoms with van der Waals surface area (Å²) in [5.74, 6) is 0.450. The van der Waals surface area contributed by atoms with Gasteiger partial charge in [-0.15, -0.1) is 0 Å². The summed E-state index contributed by atoms with van der Waals surface area (Å²) < 4.78 is 12.1. The van der Waals surface area contributed by atoms with Crippen molar-refractivity contribution in [1.82, 2.24) is 19.9 Å². The SMILES string of the molecule is CC(=O)N1CCOC(C(C)Oc2nc(-c3ccc(N(C)C)cc3)cc3nccnc23)C1.S. The third-order valence-electron chi connectivity index (χ3n) is 5.46. The molecule has 0 aliphatic carbocycles. The van der Waals surface area contributed by atoms with E-state index in [1.165, 1.54) is 0 Å². The van der Waals surface area contributed by atoms with Crippen LogP contribution in [0.25, 0.3) is 22.3 Å². The number of ether oxygens (including phenoxy) is 2. The van der Waals surface area contributed by atoms with Crippen LogP contribution < -0.4 is 9.64 Å². The second-order valence-electron chi connectivity index (χ2n) is 7.88. The Labute approximate surface area is 195 Å². The molecule has 1 fully saturated rings. The van der Waals surface area contributed by atoms with E-state index >= 15 is 0 Å². The van der Waals surface area contributed by atoms with Crippen molar-refractivity contribution in [3.05, 3.63) is 42.7 Å². The number of carbonyl (C=O) groups is 1. The molecule has 170 valence electrons. The fourth-order valence-corrected chi connectivity index (χ4v) is 3.60. The molecular weight excluding hydrogens is 426 g/mol. The third-order valence-corrected chi connectivity index (χ3v) is 5.46. The zero-order valence-corrected chi connectivity index (χ0v) is 19.8. The summed E-state index contributed by atoms with van der Waals surface area (Å²) in [5, 5.41) is 0. The van der Waals surface area contributed by atoms with Crippen LogP contribution in [0.1, 0.15) is 13.8 Å². The number of morpholine rings is 1. The minimum atomic E-state index is -0.314. The van der Waals surface area contributed by atoms with E-state index in [-0.39, 0.29) is 31.6 Å². The number of fused-ring (bicyclic) bond motifs is 1. The lowest BCUT2D eigenvalue weighted by molar-refractivity contribution is -0.140. The summed E-state index contributed by atoms with van der Waals surface area (Å²) in [5.41, 5.74) is 4.14. The summed E-state index contributed by atoms with van der Waals surface area (Å²) in [6.07, 6.45) is 2.73. The number of amides is 1. The fraction of sp³-hybridized carbons (Fsp3) is 0.391. The molecule has 0 radical (unpaired) electrons. The zero-order chi connectivity index (χ0) is 22.0. The maximum atomic E-state index is 11.8. The Morgan fingerprint density at radius 2 is 1.94 bits per heavy atom. The number of carbonyl (C=O) groups excluding carboxylic acids is 1. The molecule has 0 saturated carbocycles. The predicted octanol–water partition coefficient (Wildman–Crippen LogP) is 2.89. The molecule has 0 N–H and O–H groups in total. The van der Waals surface area contributed by atoms with Gasteiger partial charge in [0.15, 0.2) is 5.52 Å². The number of nitrogens with zero attached hydrogens (tertiary/aromatic N) is 5. The molecule has 9 heteroatoms. The van der Waals surface area contributed by atoms with Crippen LogP contribution in [0.4, 0.5) is 5.69 Å². The zero-order valence-electron chi connectivity index (χ0n) is 18.8. The van der Waals surface area contributed by atoms with E-state index in [9.17, 15) is 4.79 Å². The van der Waals surface area contributed by atoms with Gasteiger partial charge in [-0.05, 0) is 25.1 Å². The van der Waals surface area contributed by atoms with E-state index in [1.54, 1.807) is 24.2 Å². The maximum Gasteiger partial charge on any atom is 0.243 e. The Hall–Kier alpha value is -2.91. The normalized spacial score (nSPS) is 16.9. The van der Waals surface area contributed by atoms with Crippen molar-refractivity contribution in [2.75, 3.05) is 38.7 Å². The van der Waals surface area contributed by atoms with Gasteiger partial charge in [0.05, 0.1) is 24.4 Å². The van der Waals surface area contributed by atoms with Gasteiger partial charge in [0, 0.05) is 51.2 Å². The molecule has 4 rings (SSSR count). The number of rotatable bonds is 5. The molecule has 2 unspecified atom stereocenters. The van der Waals surface area contributed by atoms with Gasteiger partial charge in [0.25, 0.3) is 0 Å². The smallest absolute Gasteiger partial charge is 0.243 e. The highest BCUT2D eigenvalue weighted by molar-refractivity contribution is 7.59. The summed E-state index contributed by atoms with van der Waals surface area (Å²) in [7, 11) is 4.01. The molecule has 1 saturated heterocycles. The first-order valence-electron chi connectivity index (χ1n) is 10.4. The van der Waals surface area contributed by atoms with E-state index in [1.807, 2.05) is 56.3 Å². The Balaban J connectivity index is 0.00000289. The first-order valence-corrected chi connectivity index (χ1v) is 10.4. The van der Waals surface area contributed by atoms with Crippen LogP contribution in [0.15, 0.2) is 42.7 Å². The van der Waals surface area contributed by atoms with Gasteiger partial charge in [0.1, 0.15) is 12.2 Å². The van der Waals surface area contributed by atoms with E-state index < -0.39 is 0 Å². The van der Waals surface area contributed by atoms with Crippen molar-refractivity contribution >= 4 is 36.1 Å². The molecule has 3 aromatic rings. The fourth-order valence-electron chi connectivity index (χ4n) is 3.60. The quantitative estimate of drug-likeness (QED) is 0.585. The molecule has 32 heavy (non-hydrogen) atoms. The molecule has 1 aliphatic rings. The van der Waals surface area contributed by atoms with E-state index in [0.717, 1.165) is 16.9 Å². The third kappa shape index (κ3) is 5.11. The number of anilines is 1. The van der Waals surface area contributed by atoms with Gasteiger partial charge < -0.3 is 19.3 Å². The molecule has 1 aromatic carbocycles. The largest absolute Gasteiger partial charge is 0.470 e. The molecule has 2 aromatic heterocycles. The Bertz CT molecular complexity index is 1080. The van der Waals surface area contributed by atoms with Gasteiger partial charge in [0.2, 0.25) is 11.8 Å². The standard InChI is InChI=1S/C23H27N5O3.H2S/c1-15(21-14-28(16(2)29)11-12-30-21)31-23-22-20(24-9-10-25-22)13-19(26-23)17-5-7-18(8-6-17)27(3)4;/h5-10,13,15,21H,11-12,14H2,1-4H3;1H2.